The first-order chi connectivity index (χ1) is 11.1. The monoisotopic (exact) mass is 333 g/mol. The molecule has 1 aliphatic rings. The number of nitrogens with zero attached hydrogens (tertiary/aromatic N) is 3. The van der Waals surface area contributed by atoms with Gasteiger partial charge in [-0.05, 0) is 36.8 Å². The molecule has 0 N–H and O–H groups in total. The second-order valence-corrected chi connectivity index (χ2v) is 7.37. The molecule has 124 valence electrons. The minimum Gasteiger partial charge on any atom is -0.339 e. The van der Waals surface area contributed by atoms with Crippen molar-refractivity contribution in [3.8, 4) is 0 Å². The van der Waals surface area contributed by atoms with E-state index in [1.165, 1.54) is 10.4 Å². The van der Waals surface area contributed by atoms with E-state index in [-0.39, 0.29) is 17.9 Å². The number of aryl methyl sites for hydroxylation is 1. The van der Waals surface area contributed by atoms with Crippen LogP contribution < -0.4 is 0 Å². The standard InChI is InChI=1S/C17H23N3O2S/c1-11(2)17-18-15(22-19-17)5-4-6-16(21)20-9-7-14-13(12(20)3)8-10-23-14/h8,10-12H,4-7,9H2,1-3H3/t12-/m1/s1. The predicted octanol–water partition coefficient (Wildman–Crippen LogP) is 3.72. The first kappa shape index (κ1) is 16.2. The average Bonchev–Trinajstić information content (AvgIpc) is 3.16. The molecule has 0 saturated heterocycles. The van der Waals surface area contributed by atoms with Gasteiger partial charge in [-0.2, -0.15) is 4.98 Å². The molecule has 1 amide bonds. The Labute approximate surface area is 140 Å². The van der Waals surface area contributed by atoms with Crippen molar-refractivity contribution < 1.29 is 9.32 Å². The van der Waals surface area contributed by atoms with E-state index in [0.717, 1.165) is 25.2 Å². The van der Waals surface area contributed by atoms with E-state index in [2.05, 4.69) is 28.5 Å². The van der Waals surface area contributed by atoms with Gasteiger partial charge in [-0.25, -0.2) is 0 Å². The molecule has 3 rings (SSSR count). The number of hydrogen-bond donors (Lipinski definition) is 0. The fourth-order valence-corrected chi connectivity index (χ4v) is 3.95. The SMILES string of the molecule is CC(C)c1noc(CCCC(=O)N2CCc3sccc3[C@H]2C)n1. The summed E-state index contributed by atoms with van der Waals surface area (Å²) in [5.41, 5.74) is 1.31. The maximum atomic E-state index is 12.5. The quantitative estimate of drug-likeness (QED) is 0.836. The Hall–Kier alpha value is -1.69. The summed E-state index contributed by atoms with van der Waals surface area (Å²) >= 11 is 1.80. The number of hydrogen-bond acceptors (Lipinski definition) is 5. The fourth-order valence-electron chi connectivity index (χ4n) is 2.99. The van der Waals surface area contributed by atoms with Gasteiger partial charge in [0.1, 0.15) is 0 Å². The molecule has 0 radical (unpaired) electrons. The summed E-state index contributed by atoms with van der Waals surface area (Å²) in [5, 5.41) is 6.08. The minimum atomic E-state index is 0.188. The summed E-state index contributed by atoms with van der Waals surface area (Å²) in [5.74, 6) is 1.86. The molecule has 0 spiro atoms. The van der Waals surface area contributed by atoms with E-state index in [4.69, 9.17) is 4.52 Å². The number of carbonyl (C=O) groups is 1. The third kappa shape index (κ3) is 3.47. The van der Waals surface area contributed by atoms with Crippen LogP contribution in [0.15, 0.2) is 16.0 Å². The van der Waals surface area contributed by atoms with Crippen LogP contribution in [-0.4, -0.2) is 27.5 Å². The third-order valence-corrected chi connectivity index (χ3v) is 5.38. The lowest BCUT2D eigenvalue weighted by Crippen LogP contribution is -2.38. The van der Waals surface area contributed by atoms with Gasteiger partial charge in [-0.1, -0.05) is 19.0 Å². The molecule has 1 atom stereocenters. The Morgan fingerprint density at radius 1 is 1.52 bits per heavy atom. The molecule has 1 aliphatic heterocycles. The van der Waals surface area contributed by atoms with E-state index >= 15 is 0 Å². The maximum Gasteiger partial charge on any atom is 0.226 e. The van der Waals surface area contributed by atoms with Gasteiger partial charge in [0, 0.05) is 30.2 Å². The maximum absolute atomic E-state index is 12.5. The van der Waals surface area contributed by atoms with Gasteiger partial charge in [-0.15, -0.1) is 11.3 Å². The van der Waals surface area contributed by atoms with Gasteiger partial charge in [-0.3, -0.25) is 4.79 Å². The highest BCUT2D eigenvalue weighted by Gasteiger charge is 2.27. The molecule has 0 fully saturated rings. The van der Waals surface area contributed by atoms with Crippen LogP contribution in [-0.2, 0) is 17.6 Å². The topological polar surface area (TPSA) is 59.2 Å². The first-order valence-corrected chi connectivity index (χ1v) is 9.12. The Balaban J connectivity index is 1.51. The molecule has 3 heterocycles. The predicted molar refractivity (Wildman–Crippen MR) is 89.5 cm³/mol. The van der Waals surface area contributed by atoms with Gasteiger partial charge in [0.25, 0.3) is 0 Å². The van der Waals surface area contributed by atoms with Gasteiger partial charge in [0.15, 0.2) is 5.82 Å². The number of carbonyl (C=O) groups excluding carboxylic acids is 1. The van der Waals surface area contributed by atoms with Crippen molar-refractivity contribution in [3.63, 3.8) is 0 Å². The summed E-state index contributed by atoms with van der Waals surface area (Å²) in [6.07, 6.45) is 2.92. The average molecular weight is 333 g/mol. The number of rotatable bonds is 5. The number of aromatic nitrogens is 2. The summed E-state index contributed by atoms with van der Waals surface area (Å²) in [4.78, 5) is 20.3. The van der Waals surface area contributed by atoms with Crippen molar-refractivity contribution in [2.75, 3.05) is 6.54 Å². The molecular weight excluding hydrogens is 310 g/mol. The van der Waals surface area contributed by atoms with Crippen LogP contribution in [0.5, 0.6) is 0 Å². The zero-order valence-corrected chi connectivity index (χ0v) is 14.7. The van der Waals surface area contributed by atoms with Crippen LogP contribution in [0, 0.1) is 0 Å². The molecule has 23 heavy (non-hydrogen) atoms. The number of fused-ring (bicyclic) bond motifs is 1. The minimum absolute atomic E-state index is 0.188. The largest absolute Gasteiger partial charge is 0.339 e. The Bertz CT molecular complexity index is 677. The summed E-state index contributed by atoms with van der Waals surface area (Å²) < 4.78 is 5.23. The molecule has 0 saturated carbocycles. The lowest BCUT2D eigenvalue weighted by molar-refractivity contribution is -0.133. The second-order valence-electron chi connectivity index (χ2n) is 6.37. The van der Waals surface area contributed by atoms with Crippen LogP contribution in [0.4, 0.5) is 0 Å². The van der Waals surface area contributed by atoms with Gasteiger partial charge in [0.05, 0.1) is 6.04 Å². The van der Waals surface area contributed by atoms with E-state index < -0.39 is 0 Å². The lowest BCUT2D eigenvalue weighted by atomic mass is 10.0. The van der Waals surface area contributed by atoms with E-state index in [1.54, 1.807) is 11.3 Å². The molecular formula is C17H23N3O2S. The molecule has 0 aliphatic carbocycles. The Morgan fingerprint density at radius 3 is 3.09 bits per heavy atom. The van der Waals surface area contributed by atoms with Crippen molar-refractivity contribution in [3.05, 3.63) is 33.6 Å². The van der Waals surface area contributed by atoms with Crippen LogP contribution in [0.1, 0.15) is 67.7 Å². The summed E-state index contributed by atoms with van der Waals surface area (Å²) in [6.45, 7) is 7.02. The van der Waals surface area contributed by atoms with Crippen molar-refractivity contribution in [1.29, 1.82) is 0 Å². The van der Waals surface area contributed by atoms with Crippen molar-refractivity contribution >= 4 is 17.2 Å². The summed E-state index contributed by atoms with van der Waals surface area (Å²) in [6, 6.07) is 2.34. The van der Waals surface area contributed by atoms with E-state index in [9.17, 15) is 4.79 Å². The molecule has 5 nitrogen and oxygen atoms in total. The highest BCUT2D eigenvalue weighted by atomic mass is 32.1. The van der Waals surface area contributed by atoms with E-state index in [1.807, 2.05) is 18.7 Å². The van der Waals surface area contributed by atoms with Crippen LogP contribution in [0.2, 0.25) is 0 Å². The molecule has 0 aromatic carbocycles. The van der Waals surface area contributed by atoms with E-state index in [0.29, 0.717) is 18.7 Å². The molecule has 0 bridgehead atoms. The third-order valence-electron chi connectivity index (χ3n) is 4.38. The fraction of sp³-hybridized carbons (Fsp3) is 0.588. The molecule has 2 aromatic heterocycles. The first-order valence-electron chi connectivity index (χ1n) is 8.24. The number of amides is 1. The zero-order valence-electron chi connectivity index (χ0n) is 13.9. The lowest BCUT2D eigenvalue weighted by Gasteiger charge is -2.33. The Morgan fingerprint density at radius 2 is 2.35 bits per heavy atom. The van der Waals surface area contributed by atoms with Crippen molar-refractivity contribution in [2.24, 2.45) is 0 Å². The van der Waals surface area contributed by atoms with Crippen molar-refractivity contribution in [1.82, 2.24) is 15.0 Å². The number of thiophene rings is 1. The van der Waals surface area contributed by atoms with Crippen LogP contribution in [0.25, 0.3) is 0 Å². The van der Waals surface area contributed by atoms with Gasteiger partial charge in [0.2, 0.25) is 11.8 Å². The smallest absolute Gasteiger partial charge is 0.226 e. The zero-order chi connectivity index (χ0) is 16.4. The molecule has 2 aromatic rings. The normalized spacial score (nSPS) is 17.6. The van der Waals surface area contributed by atoms with Crippen LogP contribution >= 0.6 is 11.3 Å². The molecule has 0 unspecified atom stereocenters. The highest BCUT2D eigenvalue weighted by molar-refractivity contribution is 7.10. The summed E-state index contributed by atoms with van der Waals surface area (Å²) in [7, 11) is 0. The van der Waals surface area contributed by atoms with Crippen LogP contribution in [0.3, 0.4) is 0 Å². The van der Waals surface area contributed by atoms with Gasteiger partial charge >= 0.3 is 0 Å². The van der Waals surface area contributed by atoms with Crippen molar-refractivity contribution in [2.45, 2.75) is 58.4 Å². The molecule has 6 heteroatoms. The second kappa shape index (κ2) is 6.83. The Kier molecular flexibility index (Phi) is 4.80. The highest BCUT2D eigenvalue weighted by Crippen LogP contribution is 2.33. The van der Waals surface area contributed by atoms with Gasteiger partial charge < -0.3 is 9.42 Å².